The number of nitrogens with one attached hydrogen (secondary N) is 2. The Labute approximate surface area is 207 Å². The maximum atomic E-state index is 13.4. The number of carbonyl (C=O) groups is 1. The van der Waals surface area contributed by atoms with E-state index < -0.39 is 0 Å². The largest absolute Gasteiger partial charge is 0.353 e. The van der Waals surface area contributed by atoms with Crippen molar-refractivity contribution < 1.29 is 4.79 Å². The first-order valence-corrected chi connectivity index (χ1v) is 12.5. The van der Waals surface area contributed by atoms with Crippen LogP contribution < -0.4 is 21.1 Å². The van der Waals surface area contributed by atoms with E-state index >= 15 is 0 Å². The van der Waals surface area contributed by atoms with Crippen LogP contribution >= 0.6 is 0 Å². The molecule has 0 atom stereocenters. The SMILES string of the molecule is CC(=O)c1c(C)c2cnc(Nc3cnc4cc(N5CCNCC5)nn4c3)nc2n(C2CCCC2)c1=O. The van der Waals surface area contributed by atoms with Gasteiger partial charge in [-0.15, -0.1) is 5.10 Å². The third kappa shape index (κ3) is 3.89. The Morgan fingerprint density at radius 2 is 1.92 bits per heavy atom. The molecule has 0 radical (unpaired) electrons. The van der Waals surface area contributed by atoms with Crippen LogP contribution in [0.3, 0.4) is 0 Å². The van der Waals surface area contributed by atoms with Gasteiger partial charge < -0.3 is 15.5 Å². The van der Waals surface area contributed by atoms with Crippen molar-refractivity contribution in [2.75, 3.05) is 36.4 Å². The van der Waals surface area contributed by atoms with Gasteiger partial charge in [0.1, 0.15) is 5.65 Å². The molecule has 11 nitrogen and oxygen atoms in total. The molecule has 5 heterocycles. The predicted molar refractivity (Wildman–Crippen MR) is 137 cm³/mol. The van der Waals surface area contributed by atoms with Crippen LogP contribution in [0.1, 0.15) is 54.6 Å². The summed E-state index contributed by atoms with van der Waals surface area (Å²) in [5.41, 5.74) is 2.60. The summed E-state index contributed by atoms with van der Waals surface area (Å²) in [6.07, 6.45) is 9.19. The molecule has 0 amide bonds. The highest BCUT2D eigenvalue weighted by Crippen LogP contribution is 2.32. The minimum absolute atomic E-state index is 0.0342. The van der Waals surface area contributed by atoms with Crippen LogP contribution in [0.25, 0.3) is 16.7 Å². The Hall–Kier alpha value is -3.86. The third-order valence-electron chi connectivity index (χ3n) is 7.25. The van der Waals surface area contributed by atoms with E-state index in [0.717, 1.165) is 68.7 Å². The van der Waals surface area contributed by atoms with Gasteiger partial charge in [0.15, 0.2) is 17.2 Å². The Morgan fingerprint density at radius 3 is 2.67 bits per heavy atom. The van der Waals surface area contributed by atoms with Crippen molar-refractivity contribution in [3.63, 3.8) is 0 Å². The fourth-order valence-electron chi connectivity index (χ4n) is 5.42. The predicted octanol–water partition coefficient (Wildman–Crippen LogP) is 2.61. The summed E-state index contributed by atoms with van der Waals surface area (Å²) in [6.45, 7) is 6.93. The number of ketones is 1. The van der Waals surface area contributed by atoms with Crippen LogP contribution in [-0.2, 0) is 0 Å². The average molecular weight is 488 g/mol. The van der Waals surface area contributed by atoms with Crippen molar-refractivity contribution in [2.45, 2.75) is 45.6 Å². The summed E-state index contributed by atoms with van der Waals surface area (Å²) in [4.78, 5) is 41.8. The molecule has 1 saturated carbocycles. The molecule has 1 saturated heterocycles. The lowest BCUT2D eigenvalue weighted by Gasteiger charge is -2.26. The second kappa shape index (κ2) is 8.98. The van der Waals surface area contributed by atoms with Gasteiger partial charge in [-0.1, -0.05) is 12.8 Å². The summed E-state index contributed by atoms with van der Waals surface area (Å²) in [7, 11) is 0. The average Bonchev–Trinajstić information content (AvgIpc) is 3.54. The smallest absolute Gasteiger partial charge is 0.263 e. The third-order valence-corrected chi connectivity index (χ3v) is 7.25. The zero-order chi connectivity index (χ0) is 24.8. The number of piperazine rings is 1. The van der Waals surface area contributed by atoms with E-state index in [1.807, 2.05) is 12.3 Å². The Bertz CT molecular complexity index is 1530. The number of anilines is 3. The molecule has 6 rings (SSSR count). The maximum absolute atomic E-state index is 13.4. The summed E-state index contributed by atoms with van der Waals surface area (Å²) in [5.74, 6) is 1.03. The Balaban J connectivity index is 1.38. The van der Waals surface area contributed by atoms with Crippen molar-refractivity contribution in [1.82, 2.24) is 34.4 Å². The van der Waals surface area contributed by atoms with Gasteiger partial charge in [-0.05, 0) is 32.3 Å². The molecule has 2 aliphatic rings. The van der Waals surface area contributed by atoms with E-state index in [4.69, 9.17) is 10.1 Å². The van der Waals surface area contributed by atoms with Gasteiger partial charge in [0.05, 0.1) is 23.6 Å². The van der Waals surface area contributed by atoms with Gasteiger partial charge in [-0.25, -0.2) is 14.5 Å². The number of pyridine rings is 1. The second-order valence-corrected chi connectivity index (χ2v) is 9.61. The molecule has 0 bridgehead atoms. The van der Waals surface area contributed by atoms with Gasteiger partial charge in [-0.2, -0.15) is 4.98 Å². The molecule has 0 spiro atoms. The van der Waals surface area contributed by atoms with Crippen molar-refractivity contribution in [1.29, 1.82) is 0 Å². The van der Waals surface area contributed by atoms with E-state index in [1.54, 1.807) is 28.4 Å². The summed E-state index contributed by atoms with van der Waals surface area (Å²) < 4.78 is 3.46. The molecule has 11 heteroatoms. The number of Topliss-reactive ketones (excluding diaryl/α,β-unsaturated/α-hetero) is 1. The zero-order valence-electron chi connectivity index (χ0n) is 20.5. The lowest BCUT2D eigenvalue weighted by Crippen LogP contribution is -2.43. The molecular weight excluding hydrogens is 458 g/mol. The molecule has 2 fully saturated rings. The molecule has 0 aromatic carbocycles. The number of carbonyl (C=O) groups excluding carboxylic acids is 1. The van der Waals surface area contributed by atoms with Crippen molar-refractivity contribution in [3.8, 4) is 0 Å². The summed E-state index contributed by atoms with van der Waals surface area (Å²) in [5, 5.41) is 12.0. The normalized spacial score (nSPS) is 16.8. The number of aryl methyl sites for hydroxylation is 1. The fraction of sp³-hybridized carbons (Fsp3) is 0.440. The van der Waals surface area contributed by atoms with E-state index in [-0.39, 0.29) is 22.9 Å². The number of nitrogens with zero attached hydrogens (tertiary/aromatic N) is 7. The molecule has 4 aromatic heterocycles. The highest BCUT2D eigenvalue weighted by atomic mass is 16.1. The zero-order valence-corrected chi connectivity index (χ0v) is 20.5. The first kappa shape index (κ1) is 22.6. The van der Waals surface area contributed by atoms with E-state index in [0.29, 0.717) is 22.8 Å². The van der Waals surface area contributed by atoms with E-state index in [9.17, 15) is 9.59 Å². The number of hydrogen-bond donors (Lipinski definition) is 2. The number of hydrogen-bond acceptors (Lipinski definition) is 9. The standard InChI is InChI=1S/C25H29N9O2/c1-15-19-13-28-25(30-23(19)34(18-5-3-4-6-18)24(36)22(15)16(2)35)29-17-12-27-20-11-21(31-33(20)14-17)32-9-7-26-8-10-32/h11-14,18,26H,3-10H2,1-2H3,(H,28,29,30). The topological polar surface area (TPSA) is 122 Å². The van der Waals surface area contributed by atoms with Crippen molar-refractivity contribution in [3.05, 3.63) is 46.1 Å². The van der Waals surface area contributed by atoms with Crippen LogP contribution in [0.4, 0.5) is 17.5 Å². The quantitative estimate of drug-likeness (QED) is 0.409. The minimum Gasteiger partial charge on any atom is -0.353 e. The highest BCUT2D eigenvalue weighted by Gasteiger charge is 2.26. The van der Waals surface area contributed by atoms with Crippen LogP contribution in [0.15, 0.2) is 29.5 Å². The van der Waals surface area contributed by atoms with Gasteiger partial charge in [0, 0.05) is 49.9 Å². The molecule has 0 unspecified atom stereocenters. The summed E-state index contributed by atoms with van der Waals surface area (Å²) in [6, 6.07) is 2.02. The van der Waals surface area contributed by atoms with Crippen LogP contribution in [0, 0.1) is 6.92 Å². The molecule has 186 valence electrons. The summed E-state index contributed by atoms with van der Waals surface area (Å²) >= 11 is 0. The fourth-order valence-corrected chi connectivity index (χ4v) is 5.42. The molecule has 2 N–H and O–H groups in total. The highest BCUT2D eigenvalue weighted by molar-refractivity contribution is 5.99. The molecule has 36 heavy (non-hydrogen) atoms. The number of rotatable bonds is 5. The van der Waals surface area contributed by atoms with Gasteiger partial charge >= 0.3 is 0 Å². The number of aromatic nitrogens is 6. The minimum atomic E-state index is -0.260. The maximum Gasteiger partial charge on any atom is 0.263 e. The van der Waals surface area contributed by atoms with E-state index in [1.165, 1.54) is 6.92 Å². The molecular formula is C25H29N9O2. The van der Waals surface area contributed by atoms with Crippen molar-refractivity contribution >= 4 is 39.9 Å². The van der Waals surface area contributed by atoms with Crippen LogP contribution in [0.2, 0.25) is 0 Å². The van der Waals surface area contributed by atoms with Gasteiger partial charge in [0.25, 0.3) is 5.56 Å². The molecule has 1 aliphatic carbocycles. The van der Waals surface area contributed by atoms with Crippen LogP contribution in [0.5, 0.6) is 0 Å². The first-order chi connectivity index (χ1) is 17.5. The van der Waals surface area contributed by atoms with Gasteiger partial charge in [0.2, 0.25) is 5.95 Å². The monoisotopic (exact) mass is 487 g/mol. The molecule has 1 aliphatic heterocycles. The number of fused-ring (bicyclic) bond motifs is 2. The van der Waals surface area contributed by atoms with Crippen LogP contribution in [-0.4, -0.2) is 61.1 Å². The second-order valence-electron chi connectivity index (χ2n) is 9.61. The molecule has 4 aromatic rings. The van der Waals surface area contributed by atoms with Crippen molar-refractivity contribution in [2.24, 2.45) is 0 Å². The van der Waals surface area contributed by atoms with Gasteiger partial charge in [-0.3, -0.25) is 14.2 Å². The Kier molecular flexibility index (Phi) is 5.63. The van der Waals surface area contributed by atoms with E-state index in [2.05, 4.69) is 25.5 Å². The lowest BCUT2D eigenvalue weighted by atomic mass is 10.0. The Morgan fingerprint density at radius 1 is 1.14 bits per heavy atom. The first-order valence-electron chi connectivity index (χ1n) is 12.5. The lowest BCUT2D eigenvalue weighted by molar-refractivity contribution is 0.101.